The lowest BCUT2D eigenvalue weighted by molar-refractivity contribution is -0.133. The fourth-order valence-corrected chi connectivity index (χ4v) is 1.96. The summed E-state index contributed by atoms with van der Waals surface area (Å²) in [6.07, 6.45) is 0.232. The van der Waals surface area contributed by atoms with Gasteiger partial charge in [0.25, 0.3) is 0 Å². The molecule has 21 heavy (non-hydrogen) atoms. The number of hydrogen-bond donors (Lipinski definition) is 0. The number of benzene rings is 2. The minimum atomic E-state index is -0.307. The van der Waals surface area contributed by atoms with Gasteiger partial charge in [0.15, 0.2) is 0 Å². The third kappa shape index (κ3) is 4.18. The van der Waals surface area contributed by atoms with Gasteiger partial charge >= 0.3 is 5.97 Å². The number of ether oxygens (including phenoxy) is 1. The van der Waals surface area contributed by atoms with E-state index in [1.165, 1.54) is 7.11 Å². The van der Waals surface area contributed by atoms with Gasteiger partial charge in [-0.15, -0.1) is 0 Å². The van der Waals surface area contributed by atoms with Crippen molar-refractivity contribution in [2.24, 2.45) is 5.16 Å². The van der Waals surface area contributed by atoms with Gasteiger partial charge in [-0.2, -0.15) is 0 Å². The Morgan fingerprint density at radius 2 is 1.71 bits per heavy atom. The predicted octanol–water partition coefficient (Wildman–Crippen LogP) is 3.21. The smallest absolute Gasteiger partial charge is 0.315 e. The van der Waals surface area contributed by atoms with Crippen LogP contribution in [0.25, 0.3) is 0 Å². The molecule has 0 saturated heterocycles. The highest BCUT2D eigenvalue weighted by molar-refractivity contribution is 6.01. The first-order chi connectivity index (χ1) is 10.2. The molecule has 0 spiro atoms. The van der Waals surface area contributed by atoms with Crippen LogP contribution < -0.4 is 4.74 Å². The molecule has 0 saturated carbocycles. The van der Waals surface area contributed by atoms with Crippen molar-refractivity contribution in [1.82, 2.24) is 0 Å². The molecule has 0 aliphatic rings. The van der Waals surface area contributed by atoms with Gasteiger partial charge in [-0.3, -0.25) is 4.79 Å². The quantitative estimate of drug-likeness (QED) is 0.366. The molecule has 4 nitrogen and oxygen atoms in total. The second-order valence-electron chi connectivity index (χ2n) is 4.49. The van der Waals surface area contributed by atoms with Crippen LogP contribution in [0, 0.1) is 0 Å². The summed E-state index contributed by atoms with van der Waals surface area (Å²) >= 11 is 0. The zero-order valence-corrected chi connectivity index (χ0v) is 12.1. The number of carbonyl (C=O) groups excluding carboxylic acids is 1. The molecule has 0 aliphatic heterocycles. The number of hydrogen-bond acceptors (Lipinski definition) is 4. The number of carbonyl (C=O) groups is 1. The van der Waals surface area contributed by atoms with Crippen LogP contribution in [0.15, 0.2) is 59.8 Å². The Morgan fingerprint density at radius 1 is 1.05 bits per heavy atom. The summed E-state index contributed by atoms with van der Waals surface area (Å²) in [6, 6.07) is 16.7. The average Bonchev–Trinajstić information content (AvgIpc) is 2.49. The topological polar surface area (TPSA) is 47.9 Å². The van der Waals surface area contributed by atoms with Gasteiger partial charge in [0, 0.05) is 5.56 Å². The van der Waals surface area contributed by atoms with Crippen molar-refractivity contribution >= 4 is 11.7 Å². The van der Waals surface area contributed by atoms with Gasteiger partial charge in [-0.05, 0) is 24.6 Å². The first-order valence-corrected chi connectivity index (χ1v) is 6.62. The van der Waals surface area contributed by atoms with Crippen LogP contribution >= 0.6 is 0 Å². The van der Waals surface area contributed by atoms with E-state index >= 15 is 0 Å². The summed E-state index contributed by atoms with van der Waals surface area (Å²) < 4.78 is 5.44. The van der Waals surface area contributed by atoms with Crippen LogP contribution in [0.5, 0.6) is 5.75 Å². The van der Waals surface area contributed by atoms with Crippen molar-refractivity contribution in [3.05, 3.63) is 65.7 Å². The average molecular weight is 283 g/mol. The molecule has 2 aromatic carbocycles. The molecule has 2 aromatic rings. The van der Waals surface area contributed by atoms with Gasteiger partial charge in [-0.1, -0.05) is 47.6 Å². The largest absolute Gasteiger partial charge is 0.426 e. The van der Waals surface area contributed by atoms with Crippen LogP contribution in [0.4, 0.5) is 0 Å². The third-order valence-corrected chi connectivity index (χ3v) is 2.92. The highest BCUT2D eigenvalue weighted by Gasteiger charge is 2.11. The number of rotatable bonds is 5. The van der Waals surface area contributed by atoms with Crippen molar-refractivity contribution in [2.45, 2.75) is 13.3 Å². The monoisotopic (exact) mass is 283 g/mol. The Morgan fingerprint density at radius 3 is 2.43 bits per heavy atom. The molecule has 108 valence electrons. The second-order valence-corrected chi connectivity index (χ2v) is 4.49. The van der Waals surface area contributed by atoms with E-state index < -0.39 is 0 Å². The number of para-hydroxylation sites is 1. The van der Waals surface area contributed by atoms with E-state index in [0.29, 0.717) is 11.5 Å². The third-order valence-electron chi connectivity index (χ3n) is 2.92. The molecular formula is C17H17NO3. The second kappa shape index (κ2) is 7.24. The van der Waals surface area contributed by atoms with Gasteiger partial charge in [-0.25, -0.2) is 0 Å². The predicted molar refractivity (Wildman–Crippen MR) is 81.4 cm³/mol. The lowest BCUT2D eigenvalue weighted by Gasteiger charge is -2.09. The Balaban J connectivity index is 2.13. The van der Waals surface area contributed by atoms with Gasteiger partial charge < -0.3 is 9.57 Å². The Kier molecular flexibility index (Phi) is 5.10. The Bertz CT molecular complexity index is 635. The van der Waals surface area contributed by atoms with Crippen LogP contribution in [-0.2, 0) is 16.1 Å². The molecule has 0 amide bonds. The van der Waals surface area contributed by atoms with Crippen LogP contribution in [0.2, 0.25) is 0 Å². The Hall–Kier alpha value is -2.62. The van der Waals surface area contributed by atoms with E-state index in [2.05, 4.69) is 5.16 Å². The lowest BCUT2D eigenvalue weighted by Crippen LogP contribution is -2.13. The number of nitrogens with zero attached hydrogens (tertiary/aromatic N) is 1. The molecule has 0 aliphatic carbocycles. The zero-order valence-electron chi connectivity index (χ0n) is 12.1. The van der Waals surface area contributed by atoms with Crippen molar-refractivity contribution in [1.29, 1.82) is 0 Å². The highest BCUT2D eigenvalue weighted by atomic mass is 16.6. The number of oxime groups is 1. The molecule has 2 rings (SSSR count). The molecule has 0 radical (unpaired) electrons. The maximum absolute atomic E-state index is 12.0. The van der Waals surface area contributed by atoms with Gasteiger partial charge in [0.2, 0.25) is 0 Å². The fourth-order valence-electron chi connectivity index (χ4n) is 1.96. The van der Waals surface area contributed by atoms with E-state index in [4.69, 9.17) is 9.57 Å². The van der Waals surface area contributed by atoms with Crippen LogP contribution in [0.3, 0.4) is 0 Å². The summed E-state index contributed by atoms with van der Waals surface area (Å²) in [4.78, 5) is 16.8. The first-order valence-electron chi connectivity index (χ1n) is 6.62. The van der Waals surface area contributed by atoms with Crippen LogP contribution in [-0.4, -0.2) is 18.8 Å². The van der Waals surface area contributed by atoms with E-state index in [0.717, 1.165) is 11.1 Å². The molecule has 0 unspecified atom stereocenters. The molecule has 0 atom stereocenters. The minimum absolute atomic E-state index is 0.232. The summed E-state index contributed by atoms with van der Waals surface area (Å²) in [5.41, 5.74) is 2.31. The van der Waals surface area contributed by atoms with E-state index in [-0.39, 0.29) is 12.4 Å². The standard InChI is InChI=1S/C17H17NO3/c1-13(18-20-2)15-10-6-7-11-16(15)21-17(19)12-14-8-4-3-5-9-14/h3-11H,12H2,1-2H3/b18-13+. The van der Waals surface area contributed by atoms with E-state index in [1.807, 2.05) is 48.5 Å². The van der Waals surface area contributed by atoms with Gasteiger partial charge in [0.05, 0.1) is 12.1 Å². The van der Waals surface area contributed by atoms with E-state index in [1.54, 1.807) is 13.0 Å². The summed E-state index contributed by atoms with van der Waals surface area (Å²) in [5, 5.41) is 3.87. The SMILES string of the molecule is CO/N=C(\C)c1ccccc1OC(=O)Cc1ccccc1. The lowest BCUT2D eigenvalue weighted by atomic mass is 10.1. The van der Waals surface area contributed by atoms with Crippen molar-refractivity contribution in [3.63, 3.8) is 0 Å². The maximum atomic E-state index is 12.0. The molecule has 0 N–H and O–H groups in total. The molecule has 0 fully saturated rings. The summed E-state index contributed by atoms with van der Waals surface area (Å²) in [5.74, 6) is 0.176. The van der Waals surface area contributed by atoms with Crippen LogP contribution in [0.1, 0.15) is 18.1 Å². The Labute approximate surface area is 124 Å². The van der Waals surface area contributed by atoms with Gasteiger partial charge in [0.1, 0.15) is 12.9 Å². The molecule has 0 aromatic heterocycles. The fraction of sp³-hybridized carbons (Fsp3) is 0.176. The molecule has 0 heterocycles. The molecule has 4 heteroatoms. The maximum Gasteiger partial charge on any atom is 0.315 e. The summed E-state index contributed by atoms with van der Waals surface area (Å²) in [7, 11) is 1.48. The first kappa shape index (κ1) is 14.8. The van der Waals surface area contributed by atoms with E-state index in [9.17, 15) is 4.79 Å². The van der Waals surface area contributed by atoms with Crippen molar-refractivity contribution in [3.8, 4) is 5.75 Å². The minimum Gasteiger partial charge on any atom is -0.426 e. The highest BCUT2D eigenvalue weighted by Crippen LogP contribution is 2.19. The summed E-state index contributed by atoms with van der Waals surface area (Å²) in [6.45, 7) is 1.80. The van der Waals surface area contributed by atoms with Crippen molar-refractivity contribution < 1.29 is 14.4 Å². The van der Waals surface area contributed by atoms with Crippen molar-refractivity contribution in [2.75, 3.05) is 7.11 Å². The normalized spacial score (nSPS) is 11.0. The zero-order chi connectivity index (χ0) is 15.1. The number of esters is 1. The molecular weight excluding hydrogens is 266 g/mol. The molecule has 0 bridgehead atoms.